The summed E-state index contributed by atoms with van der Waals surface area (Å²) in [6, 6.07) is -0.226. The van der Waals surface area contributed by atoms with Crippen LogP contribution in [0.25, 0.3) is 0 Å². The average molecular weight is 224 g/mol. The van der Waals surface area contributed by atoms with Crippen LogP contribution in [0.15, 0.2) is 12.4 Å². The number of aromatic carboxylic acids is 1. The zero-order chi connectivity index (χ0) is 12.1. The van der Waals surface area contributed by atoms with Crippen LogP contribution in [0.3, 0.4) is 0 Å². The summed E-state index contributed by atoms with van der Waals surface area (Å²) in [6.07, 6.45) is 2.66. The summed E-state index contributed by atoms with van der Waals surface area (Å²) in [5, 5.41) is 11.5. The number of nitrogens with two attached hydrogens (primary N) is 1. The van der Waals surface area contributed by atoms with Gasteiger partial charge in [0.2, 0.25) is 5.91 Å². The van der Waals surface area contributed by atoms with E-state index in [2.05, 4.69) is 15.3 Å². The Balaban J connectivity index is 2.70. The number of aromatic nitrogens is 2. The summed E-state index contributed by atoms with van der Waals surface area (Å²) >= 11 is 0. The second-order valence-electron chi connectivity index (χ2n) is 3.31. The third-order valence-corrected chi connectivity index (χ3v) is 1.76. The molecule has 0 spiro atoms. The fraction of sp³-hybridized carbons (Fsp3) is 0.333. The molecule has 1 aromatic heterocycles. The Morgan fingerprint density at radius 2 is 2.25 bits per heavy atom. The Kier molecular flexibility index (Phi) is 3.76. The minimum absolute atomic E-state index is 0.138. The molecule has 1 heterocycles. The Bertz CT molecular complexity index is 407. The normalized spacial score (nSPS) is 11.8. The van der Waals surface area contributed by atoms with Crippen molar-refractivity contribution in [3.05, 3.63) is 18.1 Å². The number of carbonyl (C=O) groups is 2. The van der Waals surface area contributed by atoms with Gasteiger partial charge in [-0.2, -0.15) is 0 Å². The number of hydrogen-bond donors (Lipinski definition) is 3. The molecule has 1 aromatic rings. The fourth-order valence-electron chi connectivity index (χ4n) is 1.14. The second kappa shape index (κ2) is 5.06. The van der Waals surface area contributed by atoms with Gasteiger partial charge in [-0.25, -0.2) is 9.78 Å². The number of nitrogens with zero attached hydrogens (tertiary/aromatic N) is 2. The highest BCUT2D eigenvalue weighted by molar-refractivity contribution is 5.85. The number of hydrogen-bond acceptors (Lipinski definition) is 5. The highest BCUT2D eigenvalue weighted by Gasteiger charge is 2.09. The largest absolute Gasteiger partial charge is 0.476 e. The number of amides is 1. The molecule has 0 radical (unpaired) electrons. The SMILES string of the molecule is CC(CC(N)=O)Nc1cncc(C(=O)O)n1. The molecule has 1 amide bonds. The lowest BCUT2D eigenvalue weighted by Gasteiger charge is -2.12. The van der Waals surface area contributed by atoms with Crippen LogP contribution in [0, 0.1) is 0 Å². The first-order valence-electron chi connectivity index (χ1n) is 4.59. The topological polar surface area (TPSA) is 118 Å². The number of anilines is 1. The zero-order valence-corrected chi connectivity index (χ0v) is 8.67. The molecule has 7 nitrogen and oxygen atoms in total. The quantitative estimate of drug-likeness (QED) is 0.640. The predicted octanol–water partition coefficient (Wildman–Crippen LogP) is -0.149. The third-order valence-electron chi connectivity index (χ3n) is 1.76. The third kappa shape index (κ3) is 3.52. The molecular formula is C9H12N4O3. The highest BCUT2D eigenvalue weighted by Crippen LogP contribution is 2.05. The second-order valence-corrected chi connectivity index (χ2v) is 3.31. The Morgan fingerprint density at radius 3 is 2.81 bits per heavy atom. The van der Waals surface area contributed by atoms with E-state index in [0.29, 0.717) is 5.82 Å². The van der Waals surface area contributed by atoms with Crippen molar-refractivity contribution < 1.29 is 14.7 Å². The molecule has 0 fully saturated rings. The fourth-order valence-corrected chi connectivity index (χ4v) is 1.14. The first-order valence-corrected chi connectivity index (χ1v) is 4.59. The van der Waals surface area contributed by atoms with Gasteiger partial charge in [0.15, 0.2) is 5.69 Å². The van der Waals surface area contributed by atoms with E-state index in [1.54, 1.807) is 6.92 Å². The molecule has 0 aliphatic rings. The van der Waals surface area contributed by atoms with Crippen LogP contribution in [0.2, 0.25) is 0 Å². The monoisotopic (exact) mass is 224 g/mol. The molecule has 7 heteroatoms. The van der Waals surface area contributed by atoms with Gasteiger partial charge in [0, 0.05) is 12.5 Å². The summed E-state index contributed by atoms with van der Waals surface area (Å²) in [5.74, 6) is -1.30. The van der Waals surface area contributed by atoms with Gasteiger partial charge in [0.25, 0.3) is 0 Å². The van der Waals surface area contributed by atoms with Gasteiger partial charge < -0.3 is 16.2 Å². The number of rotatable bonds is 5. The standard InChI is InChI=1S/C9H12N4O3/c1-5(2-7(10)14)12-8-4-11-3-6(13-8)9(15)16/h3-5H,2H2,1H3,(H2,10,14)(H,12,13)(H,15,16). The Morgan fingerprint density at radius 1 is 1.56 bits per heavy atom. The molecule has 86 valence electrons. The molecule has 0 aliphatic heterocycles. The molecule has 1 unspecified atom stereocenters. The van der Waals surface area contributed by atoms with Gasteiger partial charge in [0.05, 0.1) is 12.4 Å². The van der Waals surface area contributed by atoms with E-state index in [1.807, 2.05) is 0 Å². The lowest BCUT2D eigenvalue weighted by Crippen LogP contribution is -2.24. The van der Waals surface area contributed by atoms with E-state index >= 15 is 0 Å². The number of carbonyl (C=O) groups excluding carboxylic acids is 1. The van der Waals surface area contributed by atoms with Crippen molar-refractivity contribution in [1.82, 2.24) is 9.97 Å². The van der Waals surface area contributed by atoms with Gasteiger partial charge in [-0.3, -0.25) is 9.78 Å². The number of carboxylic acid groups (broad SMARTS) is 1. The molecule has 4 N–H and O–H groups in total. The van der Waals surface area contributed by atoms with Gasteiger partial charge in [-0.15, -0.1) is 0 Å². The van der Waals surface area contributed by atoms with Crippen molar-refractivity contribution in [2.24, 2.45) is 5.73 Å². The van der Waals surface area contributed by atoms with E-state index in [9.17, 15) is 9.59 Å². The van der Waals surface area contributed by atoms with Crippen LogP contribution >= 0.6 is 0 Å². The number of carboxylic acids is 1. The first kappa shape index (κ1) is 11.9. The van der Waals surface area contributed by atoms with Crippen molar-refractivity contribution in [1.29, 1.82) is 0 Å². The zero-order valence-electron chi connectivity index (χ0n) is 8.67. The number of nitrogens with one attached hydrogen (secondary N) is 1. The minimum atomic E-state index is -1.15. The van der Waals surface area contributed by atoms with E-state index in [0.717, 1.165) is 6.20 Å². The van der Waals surface area contributed by atoms with E-state index in [-0.39, 0.29) is 18.2 Å². The summed E-state index contributed by atoms with van der Waals surface area (Å²) in [4.78, 5) is 28.7. The van der Waals surface area contributed by atoms with Crippen molar-refractivity contribution >= 4 is 17.7 Å². The molecule has 1 atom stereocenters. The molecule has 0 bridgehead atoms. The molecule has 0 saturated carbocycles. The summed E-state index contributed by atoms with van der Waals surface area (Å²) < 4.78 is 0. The van der Waals surface area contributed by atoms with Crippen LogP contribution in [-0.4, -0.2) is 33.0 Å². The van der Waals surface area contributed by atoms with Gasteiger partial charge >= 0.3 is 5.97 Å². The molecule has 1 rings (SSSR count). The van der Waals surface area contributed by atoms with Crippen LogP contribution in [-0.2, 0) is 4.79 Å². The average Bonchev–Trinajstić information content (AvgIpc) is 2.16. The molecule has 16 heavy (non-hydrogen) atoms. The molecule has 0 saturated heterocycles. The first-order chi connectivity index (χ1) is 7.49. The van der Waals surface area contributed by atoms with Crippen LogP contribution < -0.4 is 11.1 Å². The maximum absolute atomic E-state index is 10.6. The molecule has 0 aromatic carbocycles. The van der Waals surface area contributed by atoms with E-state index in [1.165, 1.54) is 6.20 Å². The van der Waals surface area contributed by atoms with Gasteiger partial charge in [0.1, 0.15) is 5.82 Å². The lowest BCUT2D eigenvalue weighted by atomic mass is 10.2. The summed E-state index contributed by atoms with van der Waals surface area (Å²) in [5.41, 5.74) is 4.86. The minimum Gasteiger partial charge on any atom is -0.476 e. The highest BCUT2D eigenvalue weighted by atomic mass is 16.4. The molecule has 0 aliphatic carbocycles. The Labute approximate surface area is 91.7 Å². The maximum atomic E-state index is 10.6. The van der Waals surface area contributed by atoms with Crippen molar-refractivity contribution in [2.45, 2.75) is 19.4 Å². The van der Waals surface area contributed by atoms with E-state index in [4.69, 9.17) is 10.8 Å². The summed E-state index contributed by atoms with van der Waals surface area (Å²) in [7, 11) is 0. The predicted molar refractivity (Wildman–Crippen MR) is 55.9 cm³/mol. The van der Waals surface area contributed by atoms with Gasteiger partial charge in [-0.05, 0) is 6.92 Å². The maximum Gasteiger partial charge on any atom is 0.356 e. The van der Waals surface area contributed by atoms with Crippen molar-refractivity contribution in [3.63, 3.8) is 0 Å². The van der Waals surface area contributed by atoms with Crippen LogP contribution in [0.5, 0.6) is 0 Å². The van der Waals surface area contributed by atoms with Gasteiger partial charge in [-0.1, -0.05) is 0 Å². The Hall–Kier alpha value is -2.18. The van der Waals surface area contributed by atoms with Crippen LogP contribution in [0.1, 0.15) is 23.8 Å². The van der Waals surface area contributed by atoms with Crippen molar-refractivity contribution in [3.8, 4) is 0 Å². The summed E-state index contributed by atoms with van der Waals surface area (Å²) in [6.45, 7) is 1.74. The van der Waals surface area contributed by atoms with E-state index < -0.39 is 11.9 Å². The number of primary amides is 1. The lowest BCUT2D eigenvalue weighted by molar-refractivity contribution is -0.118. The van der Waals surface area contributed by atoms with Crippen molar-refractivity contribution in [2.75, 3.05) is 5.32 Å². The smallest absolute Gasteiger partial charge is 0.356 e. The van der Waals surface area contributed by atoms with Crippen LogP contribution in [0.4, 0.5) is 5.82 Å². The molecular weight excluding hydrogens is 212 g/mol.